The van der Waals surface area contributed by atoms with Crippen LogP contribution in [0.3, 0.4) is 0 Å². The third-order valence-corrected chi connectivity index (χ3v) is 6.35. The van der Waals surface area contributed by atoms with Gasteiger partial charge in [0.25, 0.3) is 5.56 Å². The summed E-state index contributed by atoms with van der Waals surface area (Å²) >= 11 is 0. The average molecular weight is 400 g/mol. The number of ether oxygens (including phenoxy) is 1. The molecule has 8 nitrogen and oxygen atoms in total. The van der Waals surface area contributed by atoms with Crippen molar-refractivity contribution in [2.45, 2.75) is 64.6 Å². The standard InChI is InChI=1S/C21H28N4O4/c1-11-5-4-6-16(11)25-19-14(12(2)18(13(3)26)20(25)28)9-22-21(24-19)23-15-7-8-29-10-17(15)27/h9,11,15-17,27H,4-8,10H2,1-3H3,(H,22,23,24)/t11-,15+,16?,17+/m0/s1. The fraction of sp³-hybridized carbons (Fsp3) is 0.619. The number of aromatic nitrogens is 3. The maximum Gasteiger partial charge on any atom is 0.263 e. The third kappa shape index (κ3) is 3.55. The number of nitrogens with zero attached hydrogens (tertiary/aromatic N) is 3. The van der Waals surface area contributed by atoms with E-state index < -0.39 is 6.10 Å². The SMILES string of the molecule is CC(=O)c1c(C)c2cnc(N[C@@H]3CCOC[C@H]3O)nc2n(C2CCC[C@@H]2C)c1=O. The molecular formula is C21H28N4O4. The Morgan fingerprint density at radius 3 is 2.79 bits per heavy atom. The summed E-state index contributed by atoms with van der Waals surface area (Å²) in [4.78, 5) is 34.7. The van der Waals surface area contributed by atoms with Crippen molar-refractivity contribution in [2.24, 2.45) is 5.92 Å². The van der Waals surface area contributed by atoms with Crippen LogP contribution in [0.2, 0.25) is 0 Å². The number of Topliss-reactive ketones (excluding diaryl/α,β-unsaturated/α-hetero) is 1. The van der Waals surface area contributed by atoms with Crippen LogP contribution in [0.4, 0.5) is 5.95 Å². The summed E-state index contributed by atoms with van der Waals surface area (Å²) in [6.07, 6.45) is 4.68. The Morgan fingerprint density at radius 1 is 1.34 bits per heavy atom. The number of nitrogens with one attached hydrogen (secondary N) is 1. The van der Waals surface area contributed by atoms with Crippen molar-refractivity contribution < 1.29 is 14.6 Å². The second kappa shape index (κ2) is 7.84. The van der Waals surface area contributed by atoms with Crippen molar-refractivity contribution >= 4 is 22.8 Å². The first-order valence-electron chi connectivity index (χ1n) is 10.3. The maximum absolute atomic E-state index is 13.3. The minimum Gasteiger partial charge on any atom is -0.389 e. The Hall–Kier alpha value is -2.32. The second-order valence-electron chi connectivity index (χ2n) is 8.32. The molecule has 2 aromatic heterocycles. The van der Waals surface area contributed by atoms with E-state index in [2.05, 4.69) is 22.2 Å². The van der Waals surface area contributed by atoms with E-state index in [1.54, 1.807) is 17.7 Å². The summed E-state index contributed by atoms with van der Waals surface area (Å²) in [6.45, 7) is 6.19. The number of aliphatic hydroxyl groups excluding tert-OH is 1. The predicted octanol–water partition coefficient (Wildman–Crippen LogP) is 2.23. The number of hydrogen-bond donors (Lipinski definition) is 2. The van der Waals surface area contributed by atoms with Gasteiger partial charge in [-0.25, -0.2) is 4.98 Å². The number of rotatable bonds is 4. The van der Waals surface area contributed by atoms with Crippen molar-refractivity contribution in [3.8, 4) is 0 Å². The molecule has 156 valence electrons. The molecule has 0 spiro atoms. The van der Waals surface area contributed by atoms with Crippen LogP contribution in [0.15, 0.2) is 11.0 Å². The van der Waals surface area contributed by atoms with Crippen molar-refractivity contribution in [3.05, 3.63) is 27.7 Å². The summed E-state index contributed by atoms with van der Waals surface area (Å²) in [7, 11) is 0. The summed E-state index contributed by atoms with van der Waals surface area (Å²) in [5, 5.41) is 14.1. The van der Waals surface area contributed by atoms with Crippen molar-refractivity contribution in [2.75, 3.05) is 18.5 Å². The van der Waals surface area contributed by atoms with Crippen LogP contribution >= 0.6 is 0 Å². The van der Waals surface area contributed by atoms with Crippen molar-refractivity contribution in [1.82, 2.24) is 14.5 Å². The minimum absolute atomic E-state index is 0.0140. The Balaban J connectivity index is 1.86. The van der Waals surface area contributed by atoms with Gasteiger partial charge in [0.15, 0.2) is 5.78 Å². The molecule has 1 aliphatic carbocycles. The van der Waals surface area contributed by atoms with Gasteiger partial charge in [0.05, 0.1) is 24.3 Å². The normalized spacial score (nSPS) is 27.3. The van der Waals surface area contributed by atoms with E-state index in [1.807, 2.05) is 0 Å². The lowest BCUT2D eigenvalue weighted by Crippen LogP contribution is -2.42. The smallest absolute Gasteiger partial charge is 0.263 e. The van der Waals surface area contributed by atoms with Crippen LogP contribution in [0, 0.1) is 12.8 Å². The number of aliphatic hydroxyl groups is 1. The van der Waals surface area contributed by atoms with Crippen molar-refractivity contribution in [3.63, 3.8) is 0 Å². The highest BCUT2D eigenvalue weighted by molar-refractivity contribution is 5.99. The quantitative estimate of drug-likeness (QED) is 0.758. The van der Waals surface area contributed by atoms with E-state index >= 15 is 0 Å². The van der Waals surface area contributed by atoms with Gasteiger partial charge in [-0.1, -0.05) is 13.3 Å². The molecule has 4 atom stereocenters. The summed E-state index contributed by atoms with van der Waals surface area (Å²) in [5.41, 5.74) is 1.13. The first-order valence-corrected chi connectivity index (χ1v) is 10.3. The first-order chi connectivity index (χ1) is 13.9. The lowest BCUT2D eigenvalue weighted by Gasteiger charge is -2.28. The molecule has 4 rings (SSSR count). The molecule has 0 bridgehead atoms. The van der Waals surface area contributed by atoms with E-state index in [0.717, 1.165) is 19.3 Å². The topological polar surface area (TPSA) is 106 Å². The number of aryl methyl sites for hydroxylation is 1. The molecule has 2 aromatic rings. The molecule has 2 N–H and O–H groups in total. The number of ketones is 1. The highest BCUT2D eigenvalue weighted by atomic mass is 16.5. The largest absolute Gasteiger partial charge is 0.389 e. The van der Waals surface area contributed by atoms with E-state index in [0.29, 0.717) is 41.5 Å². The molecule has 29 heavy (non-hydrogen) atoms. The minimum atomic E-state index is -0.637. The Morgan fingerprint density at radius 2 is 2.14 bits per heavy atom. The number of anilines is 1. The molecular weight excluding hydrogens is 372 g/mol. The Labute approximate surface area is 169 Å². The molecule has 0 radical (unpaired) electrons. The molecule has 1 aliphatic heterocycles. The van der Waals surface area contributed by atoms with Gasteiger partial charge < -0.3 is 15.2 Å². The van der Waals surface area contributed by atoms with Gasteiger partial charge in [-0.05, 0) is 44.6 Å². The summed E-state index contributed by atoms with van der Waals surface area (Å²) in [6, 6.07) is -0.190. The zero-order valence-corrected chi connectivity index (χ0v) is 17.1. The highest BCUT2D eigenvalue weighted by Gasteiger charge is 2.31. The zero-order chi connectivity index (χ0) is 20.7. The van der Waals surface area contributed by atoms with E-state index in [9.17, 15) is 14.7 Å². The molecule has 0 aromatic carbocycles. The van der Waals surface area contributed by atoms with Crippen LogP contribution in [0.1, 0.15) is 61.5 Å². The number of carbonyl (C=O) groups is 1. The van der Waals surface area contributed by atoms with Crippen LogP contribution in [-0.2, 0) is 4.74 Å². The Kier molecular flexibility index (Phi) is 5.40. The molecule has 1 saturated heterocycles. The second-order valence-corrected chi connectivity index (χ2v) is 8.32. The molecule has 1 unspecified atom stereocenters. The summed E-state index contributed by atoms with van der Waals surface area (Å²) < 4.78 is 6.99. The molecule has 8 heteroatoms. The fourth-order valence-electron chi connectivity index (χ4n) is 4.69. The lowest BCUT2D eigenvalue weighted by atomic mass is 10.0. The fourth-order valence-corrected chi connectivity index (χ4v) is 4.69. The van der Waals surface area contributed by atoms with Crippen LogP contribution in [-0.4, -0.2) is 50.8 Å². The van der Waals surface area contributed by atoms with E-state index in [4.69, 9.17) is 4.74 Å². The van der Waals surface area contributed by atoms with E-state index in [1.165, 1.54) is 6.92 Å². The van der Waals surface area contributed by atoms with Gasteiger partial charge in [-0.2, -0.15) is 4.98 Å². The molecule has 1 saturated carbocycles. The van der Waals surface area contributed by atoms with Gasteiger partial charge in [-0.3, -0.25) is 14.2 Å². The molecule has 2 fully saturated rings. The van der Waals surface area contributed by atoms with Crippen LogP contribution < -0.4 is 10.9 Å². The van der Waals surface area contributed by atoms with Gasteiger partial charge in [0.1, 0.15) is 5.65 Å². The van der Waals surface area contributed by atoms with Crippen LogP contribution in [0.25, 0.3) is 11.0 Å². The van der Waals surface area contributed by atoms with Gasteiger partial charge in [0, 0.05) is 24.2 Å². The molecule has 0 amide bonds. The highest BCUT2D eigenvalue weighted by Crippen LogP contribution is 2.36. The summed E-state index contributed by atoms with van der Waals surface area (Å²) in [5.74, 6) is 0.473. The molecule has 2 aliphatic rings. The predicted molar refractivity (Wildman–Crippen MR) is 109 cm³/mol. The number of fused-ring (bicyclic) bond motifs is 1. The van der Waals surface area contributed by atoms with Crippen LogP contribution in [0.5, 0.6) is 0 Å². The number of carbonyl (C=O) groups excluding carboxylic acids is 1. The first kappa shape index (κ1) is 20.0. The molecule has 3 heterocycles. The van der Waals surface area contributed by atoms with Gasteiger partial charge in [0.2, 0.25) is 5.95 Å². The lowest BCUT2D eigenvalue weighted by molar-refractivity contribution is -0.0136. The van der Waals surface area contributed by atoms with Crippen molar-refractivity contribution in [1.29, 1.82) is 0 Å². The van der Waals surface area contributed by atoms with Gasteiger partial charge in [-0.15, -0.1) is 0 Å². The van der Waals surface area contributed by atoms with E-state index in [-0.39, 0.29) is 35.6 Å². The average Bonchev–Trinajstić information content (AvgIpc) is 3.09. The maximum atomic E-state index is 13.3. The zero-order valence-electron chi connectivity index (χ0n) is 17.1. The monoisotopic (exact) mass is 400 g/mol. The number of pyridine rings is 1. The Bertz CT molecular complexity index is 1000. The third-order valence-electron chi connectivity index (χ3n) is 6.35. The number of hydrogen-bond acceptors (Lipinski definition) is 7. The van der Waals surface area contributed by atoms with Gasteiger partial charge >= 0.3 is 0 Å².